The highest BCUT2D eigenvalue weighted by Gasteiger charge is 2.26. The van der Waals surface area contributed by atoms with Crippen molar-refractivity contribution in [3.63, 3.8) is 0 Å². The first-order valence-electron chi connectivity index (χ1n) is 7.60. The molecule has 4 heteroatoms. The number of nitrogens with two attached hydrogens (primary N) is 1. The molecule has 0 saturated heterocycles. The van der Waals surface area contributed by atoms with E-state index < -0.39 is 11.9 Å². The van der Waals surface area contributed by atoms with E-state index >= 15 is 0 Å². The Bertz CT molecular complexity index is 432. The molecule has 0 spiro atoms. The second kappa shape index (κ2) is 8.15. The van der Waals surface area contributed by atoms with Gasteiger partial charge in [0.25, 0.3) is 0 Å². The summed E-state index contributed by atoms with van der Waals surface area (Å²) < 4.78 is 0. The molecule has 0 heterocycles. The van der Waals surface area contributed by atoms with Gasteiger partial charge in [-0.05, 0) is 30.5 Å². The quantitative estimate of drug-likeness (QED) is 0.734. The lowest BCUT2D eigenvalue weighted by Crippen LogP contribution is -2.42. The number of aliphatic carboxylic acids is 1. The van der Waals surface area contributed by atoms with Crippen molar-refractivity contribution in [3.8, 4) is 0 Å². The highest BCUT2D eigenvalue weighted by Crippen LogP contribution is 2.21. The van der Waals surface area contributed by atoms with Crippen molar-refractivity contribution in [2.45, 2.75) is 33.1 Å². The number of hydrogen-bond donors (Lipinski definition) is 2. The highest BCUT2D eigenvalue weighted by molar-refractivity contribution is 5.76. The molecular weight excluding hydrogens is 264 g/mol. The molecule has 118 valence electrons. The fourth-order valence-electron chi connectivity index (χ4n) is 2.49. The van der Waals surface area contributed by atoms with Crippen LogP contribution >= 0.6 is 0 Å². The molecule has 0 fully saturated rings. The van der Waals surface area contributed by atoms with Gasteiger partial charge in [-0.2, -0.15) is 0 Å². The van der Waals surface area contributed by atoms with Gasteiger partial charge in [0.2, 0.25) is 0 Å². The molecule has 21 heavy (non-hydrogen) atoms. The smallest absolute Gasteiger partial charge is 0.312 e. The molecular formula is C17H28N2O2. The van der Waals surface area contributed by atoms with Gasteiger partial charge in [0, 0.05) is 13.1 Å². The molecule has 1 rings (SSSR count). The molecule has 0 saturated carbocycles. The van der Waals surface area contributed by atoms with Crippen LogP contribution in [0.4, 0.5) is 0 Å². The van der Waals surface area contributed by atoms with Gasteiger partial charge in [-0.1, -0.05) is 51.1 Å². The SMILES string of the molecule is CCCN(CC(C(=O)O)c1ccccc1)CC(C)(C)CN. The summed E-state index contributed by atoms with van der Waals surface area (Å²) in [5, 5.41) is 9.55. The third kappa shape index (κ3) is 5.86. The number of rotatable bonds is 9. The van der Waals surface area contributed by atoms with E-state index in [2.05, 4.69) is 25.7 Å². The van der Waals surface area contributed by atoms with Crippen molar-refractivity contribution in [3.05, 3.63) is 35.9 Å². The maximum Gasteiger partial charge on any atom is 0.312 e. The molecule has 1 atom stereocenters. The Hall–Kier alpha value is -1.39. The van der Waals surface area contributed by atoms with Gasteiger partial charge < -0.3 is 15.7 Å². The van der Waals surface area contributed by atoms with E-state index in [0.717, 1.165) is 25.1 Å². The van der Waals surface area contributed by atoms with Crippen LogP contribution in [0.2, 0.25) is 0 Å². The zero-order valence-corrected chi connectivity index (χ0v) is 13.4. The summed E-state index contributed by atoms with van der Waals surface area (Å²) in [4.78, 5) is 13.8. The first-order chi connectivity index (χ1) is 9.89. The molecule has 0 aliphatic heterocycles. The van der Waals surface area contributed by atoms with E-state index in [9.17, 15) is 9.90 Å². The van der Waals surface area contributed by atoms with Crippen LogP contribution in [-0.2, 0) is 4.79 Å². The predicted molar refractivity (Wildman–Crippen MR) is 86.4 cm³/mol. The summed E-state index contributed by atoms with van der Waals surface area (Å²) in [7, 11) is 0. The van der Waals surface area contributed by atoms with E-state index in [-0.39, 0.29) is 5.41 Å². The minimum atomic E-state index is -0.771. The number of carboxylic acids is 1. The first-order valence-corrected chi connectivity index (χ1v) is 7.60. The molecule has 3 N–H and O–H groups in total. The lowest BCUT2D eigenvalue weighted by atomic mass is 9.91. The Labute approximate surface area is 128 Å². The summed E-state index contributed by atoms with van der Waals surface area (Å²) in [6.45, 7) is 9.17. The van der Waals surface area contributed by atoms with Crippen LogP contribution in [0.3, 0.4) is 0 Å². The van der Waals surface area contributed by atoms with Crippen molar-refractivity contribution in [2.24, 2.45) is 11.1 Å². The minimum absolute atomic E-state index is 0.00505. The van der Waals surface area contributed by atoms with Crippen molar-refractivity contribution in [1.82, 2.24) is 4.90 Å². The predicted octanol–water partition coefficient (Wildman–Crippen LogP) is 2.55. The van der Waals surface area contributed by atoms with E-state index in [0.29, 0.717) is 13.1 Å². The van der Waals surface area contributed by atoms with E-state index in [1.54, 1.807) is 0 Å². The van der Waals surface area contributed by atoms with Gasteiger partial charge in [0.15, 0.2) is 0 Å². The first kappa shape index (κ1) is 17.7. The van der Waals surface area contributed by atoms with Crippen LogP contribution in [0.5, 0.6) is 0 Å². The Balaban J connectivity index is 2.85. The summed E-state index contributed by atoms with van der Waals surface area (Å²) in [5.41, 5.74) is 6.66. The standard InChI is InChI=1S/C17H28N2O2/c1-4-10-19(13-17(2,3)12-18)11-15(16(20)21)14-8-6-5-7-9-14/h5-9,15H,4,10-13,18H2,1-3H3,(H,20,21). The van der Waals surface area contributed by atoms with Crippen LogP contribution in [0.1, 0.15) is 38.7 Å². The molecule has 0 amide bonds. The summed E-state index contributed by atoms with van der Waals surface area (Å²) in [5.74, 6) is -1.26. The van der Waals surface area contributed by atoms with E-state index in [1.165, 1.54) is 0 Å². The maximum absolute atomic E-state index is 11.6. The van der Waals surface area contributed by atoms with Crippen LogP contribution in [0, 0.1) is 5.41 Å². The Morgan fingerprint density at radius 2 is 1.95 bits per heavy atom. The third-order valence-electron chi connectivity index (χ3n) is 3.68. The van der Waals surface area contributed by atoms with Crippen LogP contribution < -0.4 is 5.73 Å². The maximum atomic E-state index is 11.6. The molecule has 0 bridgehead atoms. The highest BCUT2D eigenvalue weighted by atomic mass is 16.4. The number of nitrogens with zero attached hydrogens (tertiary/aromatic N) is 1. The number of carboxylic acid groups (broad SMARTS) is 1. The number of carbonyl (C=O) groups is 1. The van der Waals surface area contributed by atoms with Gasteiger partial charge in [-0.25, -0.2) is 0 Å². The van der Waals surface area contributed by atoms with Crippen LogP contribution in [0.15, 0.2) is 30.3 Å². The number of hydrogen-bond acceptors (Lipinski definition) is 3. The lowest BCUT2D eigenvalue weighted by Gasteiger charge is -2.33. The van der Waals surface area contributed by atoms with Crippen LogP contribution in [-0.4, -0.2) is 42.2 Å². The average molecular weight is 292 g/mol. The van der Waals surface area contributed by atoms with Crippen molar-refractivity contribution < 1.29 is 9.90 Å². The number of benzene rings is 1. The fourth-order valence-corrected chi connectivity index (χ4v) is 2.49. The largest absolute Gasteiger partial charge is 0.481 e. The van der Waals surface area contributed by atoms with Gasteiger partial charge in [-0.3, -0.25) is 4.79 Å². The molecule has 1 aromatic carbocycles. The minimum Gasteiger partial charge on any atom is -0.481 e. The van der Waals surface area contributed by atoms with Gasteiger partial charge in [0.05, 0.1) is 5.92 Å². The molecule has 0 aliphatic carbocycles. The van der Waals surface area contributed by atoms with Crippen LogP contribution in [0.25, 0.3) is 0 Å². The molecule has 0 aromatic heterocycles. The second-order valence-corrected chi connectivity index (χ2v) is 6.40. The normalized spacial score (nSPS) is 13.4. The molecule has 4 nitrogen and oxygen atoms in total. The zero-order valence-electron chi connectivity index (χ0n) is 13.4. The molecule has 0 radical (unpaired) electrons. The van der Waals surface area contributed by atoms with Crippen molar-refractivity contribution in [1.29, 1.82) is 0 Å². The monoisotopic (exact) mass is 292 g/mol. The van der Waals surface area contributed by atoms with Gasteiger partial charge >= 0.3 is 5.97 Å². The van der Waals surface area contributed by atoms with E-state index in [1.807, 2.05) is 30.3 Å². The third-order valence-corrected chi connectivity index (χ3v) is 3.68. The van der Waals surface area contributed by atoms with E-state index in [4.69, 9.17) is 5.73 Å². The Morgan fingerprint density at radius 1 is 1.33 bits per heavy atom. The molecule has 1 aromatic rings. The zero-order chi connectivity index (χ0) is 15.9. The van der Waals surface area contributed by atoms with Gasteiger partial charge in [0.1, 0.15) is 0 Å². The van der Waals surface area contributed by atoms with Gasteiger partial charge in [-0.15, -0.1) is 0 Å². The Morgan fingerprint density at radius 3 is 2.43 bits per heavy atom. The van der Waals surface area contributed by atoms with Crippen molar-refractivity contribution >= 4 is 5.97 Å². The fraction of sp³-hybridized carbons (Fsp3) is 0.588. The lowest BCUT2D eigenvalue weighted by molar-refractivity contribution is -0.139. The Kier molecular flexibility index (Phi) is 6.85. The van der Waals surface area contributed by atoms with Crippen molar-refractivity contribution in [2.75, 3.05) is 26.2 Å². The topological polar surface area (TPSA) is 66.6 Å². The molecule has 1 unspecified atom stereocenters. The summed E-state index contributed by atoms with van der Waals surface area (Å²) in [6, 6.07) is 9.45. The molecule has 0 aliphatic rings. The summed E-state index contributed by atoms with van der Waals surface area (Å²) in [6.07, 6.45) is 1.00. The second-order valence-electron chi connectivity index (χ2n) is 6.40. The summed E-state index contributed by atoms with van der Waals surface area (Å²) >= 11 is 0. The average Bonchev–Trinajstić information content (AvgIpc) is 2.45.